The molecule has 0 saturated carbocycles. The van der Waals surface area contributed by atoms with Gasteiger partial charge < -0.3 is 5.11 Å². The molecule has 0 spiro atoms. The standard InChI is InChI=1S/C10H11ClO2/c1-7-2-4-8(5-3-7)9(6-11)10(12)13/h2-5,9H,6H2,1H3,(H,12,13). The molecule has 0 aliphatic rings. The second kappa shape index (κ2) is 4.28. The van der Waals surface area contributed by atoms with Gasteiger partial charge in [-0.2, -0.15) is 0 Å². The number of alkyl halides is 1. The Morgan fingerprint density at radius 1 is 1.46 bits per heavy atom. The molecule has 2 nitrogen and oxygen atoms in total. The topological polar surface area (TPSA) is 37.3 Å². The Hall–Kier alpha value is -1.02. The minimum atomic E-state index is -0.876. The van der Waals surface area contributed by atoms with Crippen molar-refractivity contribution in [1.29, 1.82) is 0 Å². The van der Waals surface area contributed by atoms with Crippen molar-refractivity contribution in [2.45, 2.75) is 12.8 Å². The van der Waals surface area contributed by atoms with Crippen LogP contribution in [0.15, 0.2) is 24.3 Å². The van der Waals surface area contributed by atoms with Crippen LogP contribution >= 0.6 is 11.6 Å². The molecule has 0 amide bonds. The fraction of sp³-hybridized carbons (Fsp3) is 0.300. The van der Waals surface area contributed by atoms with Crippen LogP contribution in [-0.2, 0) is 4.79 Å². The van der Waals surface area contributed by atoms with E-state index < -0.39 is 11.9 Å². The van der Waals surface area contributed by atoms with E-state index in [2.05, 4.69) is 0 Å². The molecular weight excluding hydrogens is 188 g/mol. The fourth-order valence-corrected chi connectivity index (χ4v) is 1.41. The molecule has 13 heavy (non-hydrogen) atoms. The lowest BCUT2D eigenvalue weighted by molar-refractivity contribution is -0.138. The summed E-state index contributed by atoms with van der Waals surface area (Å²) in [6, 6.07) is 7.38. The largest absolute Gasteiger partial charge is 0.481 e. The summed E-state index contributed by atoms with van der Waals surface area (Å²) in [6.45, 7) is 1.96. The van der Waals surface area contributed by atoms with Gasteiger partial charge in [0.25, 0.3) is 0 Å². The van der Waals surface area contributed by atoms with Crippen molar-refractivity contribution in [3.05, 3.63) is 35.4 Å². The summed E-state index contributed by atoms with van der Waals surface area (Å²) in [7, 11) is 0. The van der Waals surface area contributed by atoms with E-state index in [1.54, 1.807) is 12.1 Å². The maximum Gasteiger partial charge on any atom is 0.312 e. The molecule has 0 radical (unpaired) electrons. The summed E-state index contributed by atoms with van der Waals surface area (Å²) >= 11 is 5.56. The van der Waals surface area contributed by atoms with Gasteiger partial charge >= 0.3 is 5.97 Å². The Morgan fingerprint density at radius 3 is 2.38 bits per heavy atom. The van der Waals surface area contributed by atoms with E-state index in [0.717, 1.165) is 11.1 Å². The van der Waals surface area contributed by atoms with E-state index in [1.807, 2.05) is 19.1 Å². The van der Waals surface area contributed by atoms with Gasteiger partial charge in [-0.1, -0.05) is 29.8 Å². The Balaban J connectivity index is 2.92. The fourth-order valence-electron chi connectivity index (χ4n) is 1.10. The molecule has 0 aliphatic carbocycles. The second-order valence-corrected chi connectivity index (χ2v) is 3.26. The Bertz CT molecular complexity index is 292. The van der Waals surface area contributed by atoms with Crippen molar-refractivity contribution < 1.29 is 9.90 Å². The number of benzene rings is 1. The highest BCUT2D eigenvalue weighted by Gasteiger charge is 2.17. The van der Waals surface area contributed by atoms with E-state index in [1.165, 1.54) is 0 Å². The van der Waals surface area contributed by atoms with Crippen molar-refractivity contribution in [2.75, 3.05) is 5.88 Å². The highest BCUT2D eigenvalue weighted by molar-refractivity contribution is 6.19. The summed E-state index contributed by atoms with van der Waals surface area (Å²) in [5.41, 5.74) is 1.87. The zero-order chi connectivity index (χ0) is 9.84. The lowest BCUT2D eigenvalue weighted by atomic mass is 10.0. The van der Waals surface area contributed by atoms with Gasteiger partial charge in [0.2, 0.25) is 0 Å². The SMILES string of the molecule is Cc1ccc(C(CCl)C(=O)O)cc1. The molecule has 1 atom stereocenters. The quantitative estimate of drug-likeness (QED) is 0.758. The third kappa shape index (κ3) is 2.46. The zero-order valence-corrected chi connectivity index (χ0v) is 8.08. The molecule has 0 fully saturated rings. The molecular formula is C10H11ClO2. The Labute approximate surface area is 82.2 Å². The van der Waals surface area contributed by atoms with E-state index in [0.29, 0.717) is 0 Å². The number of hydrogen-bond acceptors (Lipinski definition) is 1. The summed E-state index contributed by atoms with van der Waals surface area (Å²) in [5, 5.41) is 8.81. The number of hydrogen-bond donors (Lipinski definition) is 1. The summed E-state index contributed by atoms with van der Waals surface area (Å²) < 4.78 is 0. The van der Waals surface area contributed by atoms with Gasteiger partial charge in [-0.05, 0) is 12.5 Å². The van der Waals surface area contributed by atoms with Gasteiger partial charge in [-0.25, -0.2) is 0 Å². The first-order valence-corrected chi connectivity index (χ1v) is 4.54. The maximum atomic E-state index is 10.7. The normalized spacial score (nSPS) is 12.5. The van der Waals surface area contributed by atoms with Gasteiger partial charge in [0.15, 0.2) is 0 Å². The van der Waals surface area contributed by atoms with E-state index in [9.17, 15) is 4.79 Å². The minimum absolute atomic E-state index is 0.110. The first-order valence-electron chi connectivity index (χ1n) is 4.00. The van der Waals surface area contributed by atoms with Gasteiger partial charge in [0.1, 0.15) is 0 Å². The smallest absolute Gasteiger partial charge is 0.312 e. The Kier molecular flexibility index (Phi) is 3.32. The van der Waals surface area contributed by atoms with E-state index in [4.69, 9.17) is 16.7 Å². The number of halogens is 1. The molecule has 1 aromatic carbocycles. The molecule has 70 valence electrons. The predicted octanol–water partition coefficient (Wildman–Crippen LogP) is 2.40. The van der Waals surface area contributed by atoms with Crippen LogP contribution in [0.3, 0.4) is 0 Å². The van der Waals surface area contributed by atoms with Gasteiger partial charge in [-0.3, -0.25) is 4.79 Å². The first kappa shape index (κ1) is 10.1. The average Bonchev–Trinajstić information content (AvgIpc) is 2.09. The van der Waals surface area contributed by atoms with Gasteiger partial charge in [0, 0.05) is 5.88 Å². The van der Waals surface area contributed by atoms with Crippen LogP contribution in [0.2, 0.25) is 0 Å². The second-order valence-electron chi connectivity index (χ2n) is 2.96. The molecule has 3 heteroatoms. The van der Waals surface area contributed by atoms with Crippen molar-refractivity contribution >= 4 is 17.6 Å². The molecule has 0 aromatic heterocycles. The number of aliphatic carboxylic acids is 1. The van der Waals surface area contributed by atoms with Crippen LogP contribution in [0.5, 0.6) is 0 Å². The lowest BCUT2D eigenvalue weighted by Gasteiger charge is -2.08. The van der Waals surface area contributed by atoms with Crippen LogP contribution in [0, 0.1) is 6.92 Å². The molecule has 1 N–H and O–H groups in total. The van der Waals surface area contributed by atoms with Crippen LogP contribution < -0.4 is 0 Å². The van der Waals surface area contributed by atoms with Crippen molar-refractivity contribution in [3.63, 3.8) is 0 Å². The molecule has 1 aromatic rings. The third-order valence-corrected chi connectivity index (χ3v) is 2.24. The number of carboxylic acid groups (broad SMARTS) is 1. The molecule has 1 unspecified atom stereocenters. The van der Waals surface area contributed by atoms with Crippen LogP contribution in [0.25, 0.3) is 0 Å². The summed E-state index contributed by atoms with van der Waals surface area (Å²) in [5.74, 6) is -1.36. The van der Waals surface area contributed by atoms with Crippen molar-refractivity contribution in [3.8, 4) is 0 Å². The monoisotopic (exact) mass is 198 g/mol. The van der Waals surface area contributed by atoms with Crippen LogP contribution in [0.1, 0.15) is 17.0 Å². The number of carbonyl (C=O) groups is 1. The van der Waals surface area contributed by atoms with Crippen LogP contribution in [0.4, 0.5) is 0 Å². The predicted molar refractivity (Wildman–Crippen MR) is 52.3 cm³/mol. The van der Waals surface area contributed by atoms with Gasteiger partial charge in [-0.15, -0.1) is 11.6 Å². The molecule has 0 heterocycles. The molecule has 0 aliphatic heterocycles. The van der Waals surface area contributed by atoms with Crippen molar-refractivity contribution in [1.82, 2.24) is 0 Å². The number of aryl methyl sites for hydroxylation is 1. The van der Waals surface area contributed by atoms with E-state index >= 15 is 0 Å². The Morgan fingerprint density at radius 2 is 2.00 bits per heavy atom. The molecule has 0 bridgehead atoms. The minimum Gasteiger partial charge on any atom is -0.481 e. The van der Waals surface area contributed by atoms with Crippen molar-refractivity contribution in [2.24, 2.45) is 0 Å². The van der Waals surface area contributed by atoms with Gasteiger partial charge in [0.05, 0.1) is 5.92 Å². The number of rotatable bonds is 3. The molecule has 0 saturated heterocycles. The zero-order valence-electron chi connectivity index (χ0n) is 7.33. The third-order valence-electron chi connectivity index (χ3n) is 1.93. The molecule has 1 rings (SSSR count). The van der Waals surface area contributed by atoms with Crippen LogP contribution in [-0.4, -0.2) is 17.0 Å². The average molecular weight is 199 g/mol. The van der Waals surface area contributed by atoms with E-state index in [-0.39, 0.29) is 5.88 Å². The summed E-state index contributed by atoms with van der Waals surface area (Å²) in [4.78, 5) is 10.7. The first-order chi connectivity index (χ1) is 6.15. The maximum absolute atomic E-state index is 10.7. The highest BCUT2D eigenvalue weighted by atomic mass is 35.5. The lowest BCUT2D eigenvalue weighted by Crippen LogP contribution is -2.12. The number of carboxylic acids is 1. The summed E-state index contributed by atoms with van der Waals surface area (Å²) in [6.07, 6.45) is 0. The highest BCUT2D eigenvalue weighted by Crippen LogP contribution is 2.17.